The molecule has 0 bridgehead atoms. The molecule has 2 atom stereocenters. The second-order valence-electron chi connectivity index (χ2n) is 8.60. The zero-order chi connectivity index (χ0) is 20.5. The molecule has 7 nitrogen and oxygen atoms in total. The Morgan fingerprint density at radius 1 is 1.23 bits per heavy atom. The molecule has 2 unspecified atom stereocenters. The van der Waals surface area contributed by atoms with Crippen LogP contribution in [-0.4, -0.2) is 47.4 Å². The van der Waals surface area contributed by atoms with Gasteiger partial charge >= 0.3 is 0 Å². The van der Waals surface area contributed by atoms with Crippen molar-refractivity contribution >= 4 is 11.6 Å². The average Bonchev–Trinajstić information content (AvgIpc) is 3.52. The number of benzene rings is 1. The maximum absolute atomic E-state index is 13.8. The number of aromatic nitrogens is 2. The van der Waals surface area contributed by atoms with Crippen molar-refractivity contribution in [1.82, 2.24) is 20.5 Å². The number of anilines is 2. The minimum atomic E-state index is -0.267. The first-order chi connectivity index (χ1) is 14.7. The molecule has 2 fully saturated rings. The molecule has 30 heavy (non-hydrogen) atoms. The van der Waals surface area contributed by atoms with Gasteiger partial charge in [-0.1, -0.05) is 13.0 Å². The molecule has 0 radical (unpaired) electrons. The van der Waals surface area contributed by atoms with Gasteiger partial charge in [-0.25, -0.2) is 14.8 Å². The van der Waals surface area contributed by atoms with E-state index in [-0.39, 0.29) is 17.8 Å². The lowest BCUT2D eigenvalue weighted by Crippen LogP contribution is -2.35. The van der Waals surface area contributed by atoms with Crippen molar-refractivity contribution < 1.29 is 13.7 Å². The third kappa shape index (κ3) is 3.96. The molecule has 2 aromatic rings. The summed E-state index contributed by atoms with van der Waals surface area (Å²) in [6.45, 7) is 6.22. The largest absolute Gasteiger partial charge is 0.378 e. The monoisotopic (exact) mass is 415 g/mol. The summed E-state index contributed by atoms with van der Waals surface area (Å²) in [7, 11) is 0. The number of hydrazine groups is 1. The van der Waals surface area contributed by atoms with Crippen LogP contribution < -0.4 is 10.4 Å². The van der Waals surface area contributed by atoms with Gasteiger partial charge < -0.3 is 14.2 Å². The molecule has 1 aromatic carbocycles. The lowest BCUT2D eigenvalue weighted by Gasteiger charge is -2.30. The van der Waals surface area contributed by atoms with Gasteiger partial charge in [-0.05, 0) is 74.5 Å². The standard InChI is InChI=1S/C22H30FN5O2/c1-2-19-18-6-5-16(23)14-20(18)28(25-19)22-24-21(30-26-22)15-7-10-27(11-8-15)12-9-17-4-3-13-29-17/h5-6,14-15,17,19,25H,2-4,7-13H2,1H3. The summed E-state index contributed by atoms with van der Waals surface area (Å²) < 4.78 is 25.2. The van der Waals surface area contributed by atoms with E-state index in [9.17, 15) is 4.39 Å². The molecule has 8 heteroatoms. The number of hydrogen-bond acceptors (Lipinski definition) is 7. The summed E-state index contributed by atoms with van der Waals surface area (Å²) in [6.07, 6.45) is 6.92. The number of halogens is 1. The van der Waals surface area contributed by atoms with Crippen LogP contribution in [0.1, 0.15) is 68.9 Å². The van der Waals surface area contributed by atoms with Gasteiger partial charge in [0.05, 0.1) is 17.8 Å². The molecule has 1 N–H and O–H groups in total. The number of nitrogens with one attached hydrogen (secondary N) is 1. The van der Waals surface area contributed by atoms with Crippen molar-refractivity contribution in [3.63, 3.8) is 0 Å². The normalized spacial score (nSPS) is 25.2. The van der Waals surface area contributed by atoms with Gasteiger partial charge in [0.25, 0.3) is 5.95 Å². The zero-order valence-corrected chi connectivity index (χ0v) is 17.5. The first kappa shape index (κ1) is 19.9. The van der Waals surface area contributed by atoms with E-state index in [4.69, 9.17) is 9.26 Å². The topological polar surface area (TPSA) is 66.7 Å². The molecule has 4 heterocycles. The number of hydrogen-bond donors (Lipinski definition) is 1. The Hall–Kier alpha value is -2.03. The van der Waals surface area contributed by atoms with Crippen LogP contribution in [0.25, 0.3) is 0 Å². The maximum atomic E-state index is 13.8. The Kier molecular flexibility index (Phi) is 5.71. The van der Waals surface area contributed by atoms with Gasteiger partial charge in [0, 0.05) is 19.1 Å². The molecule has 1 aromatic heterocycles. The molecule has 162 valence electrons. The smallest absolute Gasteiger partial charge is 0.285 e. The number of rotatable bonds is 6. The van der Waals surface area contributed by atoms with Crippen molar-refractivity contribution in [1.29, 1.82) is 0 Å². The van der Waals surface area contributed by atoms with Gasteiger partial charge in [0.1, 0.15) is 5.82 Å². The van der Waals surface area contributed by atoms with E-state index < -0.39 is 0 Å². The number of piperidine rings is 1. The number of fused-ring (bicyclic) bond motifs is 1. The van der Waals surface area contributed by atoms with Gasteiger partial charge in [0.15, 0.2) is 0 Å². The second kappa shape index (κ2) is 8.61. The van der Waals surface area contributed by atoms with Gasteiger partial charge in [0.2, 0.25) is 5.89 Å². The first-order valence-corrected chi connectivity index (χ1v) is 11.2. The second-order valence-corrected chi connectivity index (χ2v) is 8.60. The zero-order valence-electron chi connectivity index (χ0n) is 17.5. The summed E-state index contributed by atoms with van der Waals surface area (Å²) in [5.41, 5.74) is 5.20. The van der Waals surface area contributed by atoms with E-state index >= 15 is 0 Å². The molecule has 0 saturated carbocycles. The lowest BCUT2D eigenvalue weighted by atomic mass is 9.96. The predicted octanol–water partition coefficient (Wildman–Crippen LogP) is 4.06. The molecular formula is C22H30FN5O2. The Labute approximate surface area is 176 Å². The third-order valence-corrected chi connectivity index (χ3v) is 6.66. The quantitative estimate of drug-likeness (QED) is 0.763. The van der Waals surface area contributed by atoms with E-state index in [1.807, 2.05) is 6.07 Å². The minimum absolute atomic E-state index is 0.120. The summed E-state index contributed by atoms with van der Waals surface area (Å²) in [6, 6.07) is 4.98. The summed E-state index contributed by atoms with van der Waals surface area (Å²) in [5.74, 6) is 1.15. The van der Waals surface area contributed by atoms with Crippen molar-refractivity contribution in [2.24, 2.45) is 0 Å². The van der Waals surface area contributed by atoms with Gasteiger partial charge in [-0.15, -0.1) is 0 Å². The fourth-order valence-electron chi connectivity index (χ4n) is 4.86. The Balaban J connectivity index is 1.21. The van der Waals surface area contributed by atoms with Crippen molar-refractivity contribution in [2.45, 2.75) is 63.5 Å². The van der Waals surface area contributed by atoms with Crippen LogP contribution >= 0.6 is 0 Å². The molecule has 5 rings (SSSR count). The Morgan fingerprint density at radius 3 is 2.87 bits per heavy atom. The Bertz CT molecular complexity index is 861. The molecule has 2 saturated heterocycles. The molecular weight excluding hydrogens is 385 g/mol. The highest BCUT2D eigenvalue weighted by atomic mass is 19.1. The molecule has 3 aliphatic rings. The highest BCUT2D eigenvalue weighted by Gasteiger charge is 2.33. The minimum Gasteiger partial charge on any atom is -0.378 e. The van der Waals surface area contributed by atoms with Crippen molar-refractivity contribution in [2.75, 3.05) is 31.3 Å². The lowest BCUT2D eigenvalue weighted by molar-refractivity contribution is 0.0867. The number of nitrogens with zero attached hydrogens (tertiary/aromatic N) is 4. The van der Waals surface area contributed by atoms with Crippen LogP contribution in [0.4, 0.5) is 16.0 Å². The van der Waals surface area contributed by atoms with Crippen LogP contribution in [0, 0.1) is 5.82 Å². The molecule has 0 amide bonds. The van der Waals surface area contributed by atoms with Crippen molar-refractivity contribution in [3.8, 4) is 0 Å². The summed E-state index contributed by atoms with van der Waals surface area (Å²) in [4.78, 5) is 7.19. The summed E-state index contributed by atoms with van der Waals surface area (Å²) in [5, 5.41) is 5.96. The van der Waals surface area contributed by atoms with E-state index in [2.05, 4.69) is 27.4 Å². The van der Waals surface area contributed by atoms with E-state index in [0.29, 0.717) is 17.9 Å². The predicted molar refractivity (Wildman–Crippen MR) is 111 cm³/mol. The van der Waals surface area contributed by atoms with Crippen molar-refractivity contribution in [3.05, 3.63) is 35.5 Å². The highest BCUT2D eigenvalue weighted by Crippen LogP contribution is 2.39. The first-order valence-electron chi connectivity index (χ1n) is 11.2. The highest BCUT2D eigenvalue weighted by molar-refractivity contribution is 5.65. The van der Waals surface area contributed by atoms with Crippen LogP contribution in [0.3, 0.4) is 0 Å². The molecule has 0 aliphatic carbocycles. The molecule has 3 aliphatic heterocycles. The third-order valence-electron chi connectivity index (χ3n) is 6.66. The fourth-order valence-corrected chi connectivity index (χ4v) is 4.86. The average molecular weight is 416 g/mol. The Morgan fingerprint density at radius 2 is 2.10 bits per heavy atom. The fraction of sp³-hybridized carbons (Fsp3) is 0.636. The van der Waals surface area contributed by atoms with Crippen LogP contribution in [0.2, 0.25) is 0 Å². The number of likely N-dealkylation sites (tertiary alicyclic amines) is 1. The summed E-state index contributed by atoms with van der Waals surface area (Å²) >= 11 is 0. The van der Waals surface area contributed by atoms with Gasteiger partial charge in [-0.3, -0.25) is 0 Å². The van der Waals surface area contributed by atoms with Gasteiger partial charge in [-0.2, -0.15) is 4.98 Å². The van der Waals surface area contributed by atoms with E-state index in [1.54, 1.807) is 5.01 Å². The van der Waals surface area contributed by atoms with Crippen LogP contribution in [0.5, 0.6) is 0 Å². The van der Waals surface area contributed by atoms with Crippen LogP contribution in [-0.2, 0) is 4.74 Å². The number of ether oxygens (including phenoxy) is 1. The van der Waals surface area contributed by atoms with E-state index in [1.165, 1.54) is 25.0 Å². The maximum Gasteiger partial charge on any atom is 0.285 e. The SMILES string of the molecule is CCC1NN(c2noc(C3CCN(CCC4CCCO4)CC3)n2)c2cc(F)ccc21. The van der Waals surface area contributed by atoms with E-state index in [0.717, 1.165) is 63.2 Å². The van der Waals surface area contributed by atoms with Crippen LogP contribution in [0.15, 0.2) is 22.7 Å². The molecule has 0 spiro atoms.